The lowest BCUT2D eigenvalue weighted by atomic mass is 10.1. The zero-order chi connectivity index (χ0) is 11.5. The van der Waals surface area contributed by atoms with Gasteiger partial charge < -0.3 is 15.4 Å². The molecule has 1 aromatic heterocycles. The van der Waals surface area contributed by atoms with Gasteiger partial charge in [-0.05, 0) is 18.7 Å². The number of carbonyl (C=O) groups is 1. The average molecular weight is 246 g/mol. The highest BCUT2D eigenvalue weighted by Crippen LogP contribution is 2.18. The molecule has 1 aromatic carbocycles. The zero-order valence-corrected chi connectivity index (χ0v) is 10.5. The summed E-state index contributed by atoms with van der Waals surface area (Å²) in [5.41, 5.74) is 2.06. The molecule has 0 fully saturated rings. The normalized spacial score (nSPS) is 12.1. The summed E-state index contributed by atoms with van der Waals surface area (Å²) in [6.45, 7) is 0. The number of hydrogen-bond acceptors (Lipinski definition) is 2. The Labute approximate surface area is 104 Å². The molecule has 3 N–H and O–H groups in total. The van der Waals surface area contributed by atoms with Gasteiger partial charge in [-0.15, -0.1) is 0 Å². The fourth-order valence-corrected chi connectivity index (χ4v) is 1.83. The predicted molar refractivity (Wildman–Crippen MR) is 68.2 cm³/mol. The van der Waals surface area contributed by atoms with Crippen molar-refractivity contribution in [3.05, 3.63) is 36.0 Å². The standard InChI is InChI=1S/C12H14N2O2.Si/c1-13-11(12(15)16)6-8-7-14-10-5-3-2-4-9(8)10;/h2-5,7,11,13-14H,6H2,1H3,(H,15,16);. The molecule has 88 valence electrons. The fraction of sp³-hybridized carbons (Fsp3) is 0.250. The zero-order valence-electron chi connectivity index (χ0n) is 9.53. The van der Waals surface area contributed by atoms with Gasteiger partial charge in [-0.1, -0.05) is 18.2 Å². The molecule has 1 unspecified atom stereocenters. The number of rotatable bonds is 4. The molecule has 2 aromatic rings. The van der Waals surface area contributed by atoms with E-state index < -0.39 is 12.0 Å². The van der Waals surface area contributed by atoms with Gasteiger partial charge in [0.05, 0.1) is 0 Å². The molecule has 0 aliphatic heterocycles. The van der Waals surface area contributed by atoms with E-state index in [4.69, 9.17) is 5.11 Å². The number of nitrogens with one attached hydrogen (secondary N) is 2. The van der Waals surface area contributed by atoms with Crippen molar-refractivity contribution in [2.24, 2.45) is 0 Å². The second-order valence-electron chi connectivity index (χ2n) is 3.74. The van der Waals surface area contributed by atoms with Gasteiger partial charge >= 0.3 is 5.97 Å². The molecule has 1 heterocycles. The van der Waals surface area contributed by atoms with Crippen LogP contribution in [0, 0.1) is 0 Å². The molecule has 17 heavy (non-hydrogen) atoms. The highest BCUT2D eigenvalue weighted by atomic mass is 28.1. The van der Waals surface area contributed by atoms with Crippen LogP contribution < -0.4 is 5.32 Å². The number of para-hydroxylation sites is 1. The lowest BCUT2D eigenvalue weighted by Crippen LogP contribution is -2.35. The van der Waals surface area contributed by atoms with Crippen LogP contribution in [0.3, 0.4) is 0 Å². The third-order valence-corrected chi connectivity index (χ3v) is 2.75. The smallest absolute Gasteiger partial charge is 0.321 e. The Balaban J connectivity index is 0.00000144. The second kappa shape index (κ2) is 5.65. The van der Waals surface area contributed by atoms with E-state index in [9.17, 15) is 4.79 Å². The summed E-state index contributed by atoms with van der Waals surface area (Å²) >= 11 is 0. The quantitative estimate of drug-likeness (QED) is 0.705. The SMILES string of the molecule is CNC(Cc1c[nH]c2ccccc12)C(=O)O.[Si]. The Morgan fingerprint density at radius 2 is 2.18 bits per heavy atom. The first-order valence-corrected chi connectivity index (χ1v) is 5.17. The number of aromatic nitrogens is 1. The maximum atomic E-state index is 10.9. The third-order valence-electron chi connectivity index (χ3n) is 2.75. The number of aliphatic carboxylic acids is 1. The van der Waals surface area contributed by atoms with Gasteiger partial charge in [0, 0.05) is 34.5 Å². The van der Waals surface area contributed by atoms with Crippen molar-refractivity contribution in [3.8, 4) is 0 Å². The topological polar surface area (TPSA) is 65.1 Å². The Morgan fingerprint density at radius 3 is 2.82 bits per heavy atom. The van der Waals surface area contributed by atoms with E-state index >= 15 is 0 Å². The monoisotopic (exact) mass is 246 g/mol. The van der Waals surface area contributed by atoms with Crippen LogP contribution in [0.4, 0.5) is 0 Å². The molecular weight excluding hydrogens is 232 g/mol. The largest absolute Gasteiger partial charge is 0.480 e. The van der Waals surface area contributed by atoms with Crippen molar-refractivity contribution in [1.82, 2.24) is 10.3 Å². The van der Waals surface area contributed by atoms with Gasteiger partial charge in [-0.3, -0.25) is 4.79 Å². The van der Waals surface area contributed by atoms with Gasteiger partial charge in [-0.2, -0.15) is 0 Å². The van der Waals surface area contributed by atoms with Gasteiger partial charge in [0.2, 0.25) is 0 Å². The molecule has 0 spiro atoms. The highest BCUT2D eigenvalue weighted by molar-refractivity contribution is 5.84. The number of fused-ring (bicyclic) bond motifs is 1. The molecular formula is C12H14N2O2Si. The van der Waals surface area contributed by atoms with Crippen molar-refractivity contribution < 1.29 is 9.90 Å². The van der Waals surface area contributed by atoms with Crippen LogP contribution in [0.15, 0.2) is 30.5 Å². The van der Waals surface area contributed by atoms with Crippen molar-refractivity contribution in [2.75, 3.05) is 7.05 Å². The number of H-pyrrole nitrogens is 1. The first-order chi connectivity index (χ1) is 7.72. The summed E-state index contributed by atoms with van der Waals surface area (Å²) in [7, 11) is 1.66. The minimum atomic E-state index is -0.826. The van der Waals surface area contributed by atoms with Crippen molar-refractivity contribution in [1.29, 1.82) is 0 Å². The minimum Gasteiger partial charge on any atom is -0.480 e. The molecule has 1 atom stereocenters. The molecule has 2 rings (SSSR count). The van der Waals surface area contributed by atoms with Gasteiger partial charge in [-0.25, -0.2) is 0 Å². The molecule has 0 aliphatic carbocycles. The van der Waals surface area contributed by atoms with Crippen LogP contribution in [0.25, 0.3) is 10.9 Å². The summed E-state index contributed by atoms with van der Waals surface area (Å²) in [5.74, 6) is -0.826. The molecule has 0 bridgehead atoms. The van der Waals surface area contributed by atoms with Crippen LogP contribution in [0.1, 0.15) is 5.56 Å². The van der Waals surface area contributed by atoms with Crippen LogP contribution in [0.5, 0.6) is 0 Å². The van der Waals surface area contributed by atoms with Crippen molar-refractivity contribution in [3.63, 3.8) is 0 Å². The first kappa shape index (κ1) is 13.5. The summed E-state index contributed by atoms with van der Waals surface area (Å²) < 4.78 is 0. The number of carboxylic acid groups (broad SMARTS) is 1. The lowest BCUT2D eigenvalue weighted by molar-refractivity contribution is -0.139. The van der Waals surface area contributed by atoms with E-state index in [1.54, 1.807) is 7.05 Å². The fourth-order valence-electron chi connectivity index (χ4n) is 1.83. The van der Waals surface area contributed by atoms with E-state index in [2.05, 4.69) is 10.3 Å². The van der Waals surface area contributed by atoms with Crippen LogP contribution in [0.2, 0.25) is 0 Å². The molecule has 0 amide bonds. The van der Waals surface area contributed by atoms with Crippen LogP contribution in [-0.4, -0.2) is 40.1 Å². The summed E-state index contributed by atoms with van der Waals surface area (Å²) in [6, 6.07) is 7.34. The average Bonchev–Trinajstić information content (AvgIpc) is 2.69. The molecule has 0 saturated carbocycles. The Bertz CT molecular complexity index is 510. The number of likely N-dealkylation sites (N-methyl/N-ethyl adjacent to an activating group) is 1. The van der Waals surface area contributed by atoms with Gasteiger partial charge in [0.25, 0.3) is 0 Å². The lowest BCUT2D eigenvalue weighted by Gasteiger charge is -2.09. The molecule has 0 aliphatic rings. The maximum Gasteiger partial charge on any atom is 0.321 e. The van der Waals surface area contributed by atoms with Crippen LogP contribution in [-0.2, 0) is 11.2 Å². The van der Waals surface area contributed by atoms with Gasteiger partial charge in [0.15, 0.2) is 0 Å². The summed E-state index contributed by atoms with van der Waals surface area (Å²) in [4.78, 5) is 14.1. The predicted octanol–water partition coefficient (Wildman–Crippen LogP) is 1.00. The number of carboxylic acids is 1. The second-order valence-corrected chi connectivity index (χ2v) is 3.74. The molecule has 4 radical (unpaired) electrons. The molecule has 4 nitrogen and oxygen atoms in total. The Hall–Kier alpha value is -1.59. The first-order valence-electron chi connectivity index (χ1n) is 5.17. The van der Waals surface area contributed by atoms with Crippen molar-refractivity contribution in [2.45, 2.75) is 12.5 Å². The van der Waals surface area contributed by atoms with E-state index in [0.717, 1.165) is 16.5 Å². The van der Waals surface area contributed by atoms with E-state index in [0.29, 0.717) is 6.42 Å². The highest BCUT2D eigenvalue weighted by Gasteiger charge is 2.16. The van der Waals surface area contributed by atoms with E-state index in [1.807, 2.05) is 30.5 Å². The number of benzene rings is 1. The maximum absolute atomic E-state index is 10.9. The summed E-state index contributed by atoms with van der Waals surface area (Å²) in [5, 5.41) is 12.8. The molecule has 5 heteroatoms. The van der Waals surface area contributed by atoms with E-state index in [-0.39, 0.29) is 11.0 Å². The van der Waals surface area contributed by atoms with Crippen molar-refractivity contribution >= 4 is 27.8 Å². The minimum absolute atomic E-state index is 0. The number of aromatic amines is 1. The Morgan fingerprint density at radius 1 is 1.47 bits per heavy atom. The third kappa shape index (κ3) is 2.75. The Kier molecular flexibility index (Phi) is 4.48. The van der Waals surface area contributed by atoms with Gasteiger partial charge in [0.1, 0.15) is 6.04 Å². The van der Waals surface area contributed by atoms with E-state index in [1.165, 1.54) is 0 Å². The number of hydrogen-bond donors (Lipinski definition) is 3. The summed E-state index contributed by atoms with van der Waals surface area (Å²) in [6.07, 6.45) is 2.35. The van der Waals surface area contributed by atoms with Crippen LogP contribution >= 0.6 is 0 Å². The molecule has 0 saturated heterocycles.